The summed E-state index contributed by atoms with van der Waals surface area (Å²) in [5.41, 5.74) is 4.48. The van der Waals surface area contributed by atoms with E-state index < -0.39 is 11.9 Å². The van der Waals surface area contributed by atoms with Crippen molar-refractivity contribution in [3.05, 3.63) is 22.4 Å². The lowest BCUT2D eigenvalue weighted by molar-refractivity contribution is -0.141. The van der Waals surface area contributed by atoms with Crippen LogP contribution in [0.4, 0.5) is 18.9 Å². The highest BCUT2D eigenvalue weighted by atomic mass is 79.9. The Balaban J connectivity index is 3.14. The number of anilines is 1. The highest BCUT2D eigenvalue weighted by Crippen LogP contribution is 2.30. The maximum atomic E-state index is 12.0. The van der Waals surface area contributed by atoms with Gasteiger partial charge in [-0.05, 0) is 22.0 Å². The van der Waals surface area contributed by atoms with Crippen LogP contribution in [0.1, 0.15) is 5.69 Å². The number of nitrogen functional groups attached to an aromatic ring is 1. The zero-order chi connectivity index (χ0) is 9.35. The standard InChI is InChI=1S/C6H4BrF3N2/c7-3-1-5(6(8,9)10)12-2-4(3)11/h1-2H,11H2. The van der Waals surface area contributed by atoms with Gasteiger partial charge in [0.2, 0.25) is 0 Å². The lowest BCUT2D eigenvalue weighted by Gasteiger charge is -2.06. The maximum absolute atomic E-state index is 12.0. The van der Waals surface area contributed by atoms with E-state index in [1.54, 1.807) is 0 Å². The molecule has 1 heterocycles. The molecule has 66 valence electrons. The van der Waals surface area contributed by atoms with Crippen LogP contribution in [0.5, 0.6) is 0 Å². The van der Waals surface area contributed by atoms with Crippen LogP contribution < -0.4 is 5.73 Å². The number of nitrogens with two attached hydrogens (primary N) is 1. The fourth-order valence-corrected chi connectivity index (χ4v) is 0.916. The number of rotatable bonds is 0. The van der Waals surface area contributed by atoms with Gasteiger partial charge in [-0.3, -0.25) is 0 Å². The van der Waals surface area contributed by atoms with Crippen molar-refractivity contribution in [2.24, 2.45) is 0 Å². The van der Waals surface area contributed by atoms with Gasteiger partial charge in [0.15, 0.2) is 0 Å². The normalized spacial score (nSPS) is 11.7. The number of pyridine rings is 1. The minimum atomic E-state index is -4.42. The summed E-state index contributed by atoms with van der Waals surface area (Å²) in [6.45, 7) is 0. The van der Waals surface area contributed by atoms with Crippen molar-refractivity contribution in [3.63, 3.8) is 0 Å². The maximum Gasteiger partial charge on any atom is 0.433 e. The zero-order valence-corrected chi connectivity index (χ0v) is 7.28. The summed E-state index contributed by atoms with van der Waals surface area (Å²) in [7, 11) is 0. The first-order chi connectivity index (χ1) is 5.41. The van der Waals surface area contributed by atoms with E-state index in [9.17, 15) is 13.2 Å². The molecule has 1 rings (SSSR count). The third kappa shape index (κ3) is 1.88. The first-order valence-corrected chi connectivity index (χ1v) is 3.69. The van der Waals surface area contributed by atoms with E-state index in [4.69, 9.17) is 5.73 Å². The number of hydrogen-bond donors (Lipinski definition) is 1. The average Bonchev–Trinajstić information content (AvgIpc) is 1.92. The summed E-state index contributed by atoms with van der Waals surface area (Å²) in [5, 5.41) is 0. The fraction of sp³-hybridized carbons (Fsp3) is 0.167. The lowest BCUT2D eigenvalue weighted by Crippen LogP contribution is -2.08. The Morgan fingerprint density at radius 1 is 1.42 bits per heavy atom. The summed E-state index contributed by atoms with van der Waals surface area (Å²) < 4.78 is 36.1. The molecule has 0 saturated carbocycles. The van der Waals surface area contributed by atoms with E-state index in [1.807, 2.05) is 0 Å². The molecule has 0 aliphatic heterocycles. The summed E-state index contributed by atoms with van der Waals surface area (Å²) in [5.74, 6) is 0. The summed E-state index contributed by atoms with van der Waals surface area (Å²) in [6, 6.07) is 0.843. The van der Waals surface area contributed by atoms with Crippen LogP contribution in [0.2, 0.25) is 0 Å². The van der Waals surface area contributed by atoms with Crippen molar-refractivity contribution in [3.8, 4) is 0 Å². The number of hydrogen-bond acceptors (Lipinski definition) is 2. The molecule has 2 nitrogen and oxygen atoms in total. The molecule has 0 aliphatic carbocycles. The number of aromatic nitrogens is 1. The molecule has 0 unspecified atom stereocenters. The van der Waals surface area contributed by atoms with Gasteiger partial charge in [-0.15, -0.1) is 0 Å². The molecule has 6 heteroatoms. The largest absolute Gasteiger partial charge is 0.433 e. The van der Waals surface area contributed by atoms with Gasteiger partial charge in [0, 0.05) is 4.47 Å². The smallest absolute Gasteiger partial charge is 0.397 e. The number of nitrogens with zero attached hydrogens (tertiary/aromatic N) is 1. The van der Waals surface area contributed by atoms with Crippen molar-refractivity contribution in [1.29, 1.82) is 0 Å². The van der Waals surface area contributed by atoms with E-state index in [-0.39, 0.29) is 10.2 Å². The Morgan fingerprint density at radius 3 is 2.42 bits per heavy atom. The molecule has 1 aromatic heterocycles. The molecule has 0 saturated heterocycles. The molecule has 0 fully saturated rings. The van der Waals surface area contributed by atoms with Gasteiger partial charge in [-0.2, -0.15) is 13.2 Å². The van der Waals surface area contributed by atoms with Gasteiger partial charge in [0.1, 0.15) is 5.69 Å². The topological polar surface area (TPSA) is 38.9 Å². The highest BCUT2D eigenvalue weighted by molar-refractivity contribution is 9.10. The lowest BCUT2D eigenvalue weighted by atomic mass is 10.3. The van der Waals surface area contributed by atoms with Crippen LogP contribution in [0.15, 0.2) is 16.7 Å². The molecule has 0 atom stereocenters. The molecule has 0 spiro atoms. The van der Waals surface area contributed by atoms with Crippen molar-refractivity contribution in [1.82, 2.24) is 4.98 Å². The van der Waals surface area contributed by atoms with E-state index in [1.165, 1.54) is 0 Å². The average molecular weight is 241 g/mol. The highest BCUT2D eigenvalue weighted by Gasteiger charge is 2.32. The van der Waals surface area contributed by atoms with Gasteiger partial charge in [-0.25, -0.2) is 4.98 Å². The molecule has 0 aromatic carbocycles. The minimum absolute atomic E-state index is 0.183. The fourth-order valence-electron chi connectivity index (χ4n) is 0.596. The van der Waals surface area contributed by atoms with Gasteiger partial charge in [0.25, 0.3) is 0 Å². The molecule has 1 aromatic rings. The van der Waals surface area contributed by atoms with Crippen LogP contribution in [0, 0.1) is 0 Å². The Bertz CT molecular complexity index is 297. The van der Waals surface area contributed by atoms with Gasteiger partial charge in [-0.1, -0.05) is 0 Å². The Labute approximate surface area is 74.7 Å². The molecule has 12 heavy (non-hydrogen) atoms. The Hall–Kier alpha value is -0.780. The summed E-state index contributed by atoms with van der Waals surface area (Å²) in [4.78, 5) is 3.13. The predicted octanol–water partition coefficient (Wildman–Crippen LogP) is 2.45. The van der Waals surface area contributed by atoms with Gasteiger partial charge >= 0.3 is 6.18 Å². The Morgan fingerprint density at radius 2 is 2.00 bits per heavy atom. The van der Waals surface area contributed by atoms with E-state index in [0.717, 1.165) is 12.3 Å². The minimum Gasteiger partial charge on any atom is -0.397 e. The SMILES string of the molecule is Nc1cnc(C(F)(F)F)cc1Br. The second-order valence-corrected chi connectivity index (χ2v) is 2.94. The monoisotopic (exact) mass is 240 g/mol. The first kappa shape index (κ1) is 9.31. The molecule has 0 bridgehead atoms. The van der Waals surface area contributed by atoms with Crippen LogP contribution in [0.3, 0.4) is 0 Å². The van der Waals surface area contributed by atoms with Crippen molar-refractivity contribution >= 4 is 21.6 Å². The van der Waals surface area contributed by atoms with Crippen molar-refractivity contribution in [2.45, 2.75) is 6.18 Å². The van der Waals surface area contributed by atoms with Gasteiger partial charge < -0.3 is 5.73 Å². The zero-order valence-electron chi connectivity index (χ0n) is 5.69. The molecule has 0 aliphatic rings. The molecule has 0 amide bonds. The van der Waals surface area contributed by atoms with Crippen LogP contribution in [-0.4, -0.2) is 4.98 Å². The third-order valence-electron chi connectivity index (χ3n) is 1.17. The molecule has 2 N–H and O–H groups in total. The number of halogens is 4. The van der Waals surface area contributed by atoms with Crippen molar-refractivity contribution in [2.75, 3.05) is 5.73 Å². The molecular weight excluding hydrogens is 237 g/mol. The van der Waals surface area contributed by atoms with E-state index in [2.05, 4.69) is 20.9 Å². The summed E-state index contributed by atoms with van der Waals surface area (Å²) in [6.07, 6.45) is -3.46. The van der Waals surface area contributed by atoms with Crippen LogP contribution >= 0.6 is 15.9 Å². The molecule has 0 radical (unpaired) electrons. The van der Waals surface area contributed by atoms with Crippen molar-refractivity contribution < 1.29 is 13.2 Å². The first-order valence-electron chi connectivity index (χ1n) is 2.89. The number of alkyl halides is 3. The Kier molecular flexibility index (Phi) is 2.27. The van der Waals surface area contributed by atoms with E-state index >= 15 is 0 Å². The second kappa shape index (κ2) is 2.93. The summed E-state index contributed by atoms with van der Waals surface area (Å²) >= 11 is 2.87. The second-order valence-electron chi connectivity index (χ2n) is 2.09. The third-order valence-corrected chi connectivity index (χ3v) is 1.86. The molecular formula is C6H4BrF3N2. The van der Waals surface area contributed by atoms with Crippen LogP contribution in [0.25, 0.3) is 0 Å². The van der Waals surface area contributed by atoms with Gasteiger partial charge in [0.05, 0.1) is 11.9 Å². The quantitative estimate of drug-likeness (QED) is 0.757. The van der Waals surface area contributed by atoms with E-state index in [0.29, 0.717) is 0 Å². The predicted molar refractivity (Wildman–Crippen MR) is 41.4 cm³/mol. The van der Waals surface area contributed by atoms with Crippen LogP contribution in [-0.2, 0) is 6.18 Å².